The average Bonchev–Trinajstić information content (AvgIpc) is 3.10. The summed E-state index contributed by atoms with van der Waals surface area (Å²) < 4.78 is 5.71. The molecule has 0 bridgehead atoms. The first-order valence-electron chi connectivity index (χ1n) is 8.59. The second-order valence-corrected chi connectivity index (χ2v) is 7.25. The number of carbonyl (C=O) groups excluding carboxylic acids is 1. The summed E-state index contributed by atoms with van der Waals surface area (Å²) in [5.74, 6) is 0.920. The number of nitrogens with zero attached hydrogens (tertiary/aromatic N) is 1. The van der Waals surface area contributed by atoms with Crippen LogP contribution in [0.15, 0.2) is 60.0 Å². The van der Waals surface area contributed by atoms with Gasteiger partial charge in [0.1, 0.15) is 12.4 Å². The number of hydrogen-bond donors (Lipinski definition) is 1. The van der Waals surface area contributed by atoms with Crippen molar-refractivity contribution < 1.29 is 9.53 Å². The van der Waals surface area contributed by atoms with Crippen LogP contribution in [0.25, 0.3) is 0 Å². The van der Waals surface area contributed by atoms with E-state index in [0.29, 0.717) is 18.7 Å². The maximum Gasteiger partial charge on any atom is 0.251 e. The maximum absolute atomic E-state index is 12.3. The van der Waals surface area contributed by atoms with Crippen molar-refractivity contribution in [3.05, 3.63) is 81.8 Å². The Hall–Kier alpha value is -2.66. The molecule has 1 aromatic heterocycles. The van der Waals surface area contributed by atoms with Gasteiger partial charge in [0, 0.05) is 17.5 Å². The zero-order valence-corrected chi connectivity index (χ0v) is 15.8. The summed E-state index contributed by atoms with van der Waals surface area (Å²) >= 11 is 1.61. The van der Waals surface area contributed by atoms with E-state index in [1.54, 1.807) is 23.5 Å². The monoisotopic (exact) mass is 366 g/mol. The van der Waals surface area contributed by atoms with Crippen LogP contribution in [0.3, 0.4) is 0 Å². The van der Waals surface area contributed by atoms with Crippen LogP contribution in [-0.4, -0.2) is 17.4 Å². The first kappa shape index (κ1) is 18.1. The van der Waals surface area contributed by atoms with E-state index >= 15 is 0 Å². The molecule has 0 aliphatic carbocycles. The van der Waals surface area contributed by atoms with E-state index in [0.717, 1.165) is 16.5 Å². The van der Waals surface area contributed by atoms with Crippen LogP contribution in [0.5, 0.6) is 5.75 Å². The van der Waals surface area contributed by atoms with E-state index in [4.69, 9.17) is 4.74 Å². The number of carbonyl (C=O) groups is 1. The second-order valence-electron chi connectivity index (χ2n) is 6.19. The van der Waals surface area contributed by atoms with E-state index in [9.17, 15) is 4.79 Å². The standard InChI is InChI=1S/C21H22N2O2S/c1-15(17-6-4-3-5-7-17)12-22-21(24)18-8-10-20(11-9-18)25-13-19-14-26-16(2)23-19/h3-11,14-15H,12-13H2,1-2H3,(H,22,24). The zero-order chi connectivity index (χ0) is 18.4. The molecule has 0 spiro atoms. The Balaban J connectivity index is 1.50. The molecule has 1 amide bonds. The molecule has 1 heterocycles. The molecule has 0 fully saturated rings. The first-order chi connectivity index (χ1) is 12.6. The highest BCUT2D eigenvalue weighted by molar-refractivity contribution is 7.09. The van der Waals surface area contributed by atoms with Gasteiger partial charge in [-0.25, -0.2) is 4.98 Å². The Bertz CT molecular complexity index is 844. The molecule has 3 rings (SSSR count). The van der Waals surface area contributed by atoms with Gasteiger partial charge in [-0.2, -0.15) is 0 Å². The fraction of sp³-hybridized carbons (Fsp3) is 0.238. The molecular weight excluding hydrogens is 344 g/mol. The number of ether oxygens (including phenoxy) is 1. The Morgan fingerprint density at radius 3 is 2.54 bits per heavy atom. The predicted molar refractivity (Wildman–Crippen MR) is 105 cm³/mol. The van der Waals surface area contributed by atoms with Crippen LogP contribution in [0.2, 0.25) is 0 Å². The van der Waals surface area contributed by atoms with Crippen molar-refractivity contribution in [3.63, 3.8) is 0 Å². The summed E-state index contributed by atoms with van der Waals surface area (Å²) in [6.45, 7) is 5.11. The number of thiazole rings is 1. The Morgan fingerprint density at radius 2 is 1.88 bits per heavy atom. The van der Waals surface area contributed by atoms with Crippen LogP contribution in [0.4, 0.5) is 0 Å². The number of amides is 1. The lowest BCUT2D eigenvalue weighted by molar-refractivity contribution is 0.0951. The van der Waals surface area contributed by atoms with Gasteiger partial charge >= 0.3 is 0 Å². The van der Waals surface area contributed by atoms with E-state index in [1.807, 2.05) is 42.6 Å². The first-order valence-corrected chi connectivity index (χ1v) is 9.47. The summed E-state index contributed by atoms with van der Waals surface area (Å²) in [7, 11) is 0. The molecule has 1 atom stereocenters. The lowest BCUT2D eigenvalue weighted by atomic mass is 10.0. The smallest absolute Gasteiger partial charge is 0.251 e. The van der Waals surface area contributed by atoms with Crippen LogP contribution >= 0.6 is 11.3 Å². The van der Waals surface area contributed by atoms with Crippen molar-refractivity contribution in [2.24, 2.45) is 0 Å². The number of rotatable bonds is 7. The fourth-order valence-electron chi connectivity index (χ4n) is 2.58. The SMILES string of the molecule is Cc1nc(COc2ccc(C(=O)NCC(C)c3ccccc3)cc2)cs1. The minimum atomic E-state index is -0.0746. The average molecular weight is 366 g/mol. The highest BCUT2D eigenvalue weighted by Crippen LogP contribution is 2.16. The van der Waals surface area contributed by atoms with Gasteiger partial charge in [-0.05, 0) is 42.7 Å². The minimum Gasteiger partial charge on any atom is -0.487 e. The highest BCUT2D eigenvalue weighted by Gasteiger charge is 2.09. The summed E-state index contributed by atoms with van der Waals surface area (Å²) in [5, 5.41) is 6.01. The molecule has 1 N–H and O–H groups in total. The molecule has 134 valence electrons. The number of aryl methyl sites for hydroxylation is 1. The number of hydrogen-bond acceptors (Lipinski definition) is 4. The molecule has 0 saturated heterocycles. The third kappa shape index (κ3) is 4.92. The van der Waals surface area contributed by atoms with Gasteiger partial charge in [0.25, 0.3) is 5.91 Å². The van der Waals surface area contributed by atoms with Crippen molar-refractivity contribution in [3.8, 4) is 5.75 Å². The van der Waals surface area contributed by atoms with Crippen molar-refractivity contribution >= 4 is 17.2 Å². The highest BCUT2D eigenvalue weighted by atomic mass is 32.1. The normalized spacial score (nSPS) is 11.8. The summed E-state index contributed by atoms with van der Waals surface area (Å²) in [6.07, 6.45) is 0. The number of aromatic nitrogens is 1. The van der Waals surface area contributed by atoms with Gasteiger partial charge in [0.2, 0.25) is 0 Å². The summed E-state index contributed by atoms with van der Waals surface area (Å²) in [6, 6.07) is 17.4. The molecule has 4 nitrogen and oxygen atoms in total. The third-order valence-electron chi connectivity index (χ3n) is 4.11. The molecule has 0 saturated carbocycles. The van der Waals surface area contributed by atoms with E-state index in [-0.39, 0.29) is 11.8 Å². The number of benzene rings is 2. The lowest BCUT2D eigenvalue weighted by Gasteiger charge is -2.13. The van der Waals surface area contributed by atoms with Gasteiger partial charge in [0.05, 0.1) is 10.7 Å². The van der Waals surface area contributed by atoms with Gasteiger partial charge < -0.3 is 10.1 Å². The molecule has 0 aliphatic heterocycles. The number of nitrogens with one attached hydrogen (secondary N) is 1. The molecular formula is C21H22N2O2S. The van der Waals surface area contributed by atoms with Crippen molar-refractivity contribution in [2.75, 3.05) is 6.54 Å². The molecule has 2 aromatic carbocycles. The molecule has 0 radical (unpaired) electrons. The summed E-state index contributed by atoms with van der Waals surface area (Å²) in [5.41, 5.74) is 2.76. The van der Waals surface area contributed by atoms with Crippen LogP contribution in [0, 0.1) is 6.92 Å². The van der Waals surface area contributed by atoms with Crippen molar-refractivity contribution in [1.82, 2.24) is 10.3 Å². The molecule has 3 aromatic rings. The van der Waals surface area contributed by atoms with Crippen LogP contribution in [0.1, 0.15) is 39.5 Å². The van der Waals surface area contributed by atoms with Gasteiger partial charge in [-0.3, -0.25) is 4.79 Å². The third-order valence-corrected chi connectivity index (χ3v) is 4.93. The summed E-state index contributed by atoms with van der Waals surface area (Å²) in [4.78, 5) is 16.7. The largest absolute Gasteiger partial charge is 0.487 e. The van der Waals surface area contributed by atoms with E-state index in [1.165, 1.54) is 5.56 Å². The van der Waals surface area contributed by atoms with E-state index in [2.05, 4.69) is 29.4 Å². The molecule has 5 heteroatoms. The van der Waals surface area contributed by atoms with Crippen LogP contribution in [-0.2, 0) is 6.61 Å². The lowest BCUT2D eigenvalue weighted by Crippen LogP contribution is -2.27. The van der Waals surface area contributed by atoms with Crippen molar-refractivity contribution in [2.45, 2.75) is 26.4 Å². The molecule has 1 unspecified atom stereocenters. The Morgan fingerprint density at radius 1 is 1.15 bits per heavy atom. The van der Waals surface area contributed by atoms with Gasteiger partial charge in [-0.15, -0.1) is 11.3 Å². The van der Waals surface area contributed by atoms with Crippen LogP contribution < -0.4 is 10.1 Å². The maximum atomic E-state index is 12.3. The zero-order valence-electron chi connectivity index (χ0n) is 14.9. The molecule has 0 aliphatic rings. The predicted octanol–water partition coefficient (Wildman–Crippen LogP) is 4.56. The Labute approximate surface area is 157 Å². The topological polar surface area (TPSA) is 51.2 Å². The van der Waals surface area contributed by atoms with E-state index < -0.39 is 0 Å². The quantitative estimate of drug-likeness (QED) is 0.667. The minimum absolute atomic E-state index is 0.0746. The second kappa shape index (κ2) is 8.63. The Kier molecular flexibility index (Phi) is 6.02. The van der Waals surface area contributed by atoms with Gasteiger partial charge in [-0.1, -0.05) is 37.3 Å². The van der Waals surface area contributed by atoms with Gasteiger partial charge in [0.15, 0.2) is 0 Å². The van der Waals surface area contributed by atoms with Crippen molar-refractivity contribution in [1.29, 1.82) is 0 Å². The fourth-order valence-corrected chi connectivity index (χ4v) is 3.18. The molecule has 26 heavy (non-hydrogen) atoms.